The van der Waals surface area contributed by atoms with Crippen LogP contribution in [0.25, 0.3) is 0 Å². The van der Waals surface area contributed by atoms with Crippen molar-refractivity contribution in [2.75, 3.05) is 0 Å². The van der Waals surface area contributed by atoms with Gasteiger partial charge in [-0.1, -0.05) is 37.6 Å². The minimum Gasteiger partial charge on any atom is -0.380 e. The summed E-state index contributed by atoms with van der Waals surface area (Å²) in [5.74, 6) is 0. The molecule has 0 fully saturated rings. The molecule has 0 amide bonds. The highest BCUT2D eigenvalue weighted by molar-refractivity contribution is 5.24. The fraction of sp³-hybridized carbons (Fsp3) is 0.538. The van der Waals surface area contributed by atoms with Gasteiger partial charge in [0.1, 0.15) is 0 Å². The Kier molecular flexibility index (Phi) is 4.20. The second kappa shape index (κ2) is 5.08. The molecule has 1 aromatic rings. The first-order valence-electron chi connectivity index (χ1n) is 5.63. The lowest BCUT2D eigenvalue weighted by atomic mass is 9.95. The Morgan fingerprint density at radius 1 is 1.06 bits per heavy atom. The monoisotopic (exact) mass is 246 g/mol. The van der Waals surface area contributed by atoms with E-state index in [0.717, 1.165) is 25.3 Å². The van der Waals surface area contributed by atoms with Gasteiger partial charge in [0.15, 0.2) is 5.60 Å². The van der Waals surface area contributed by atoms with Crippen LogP contribution >= 0.6 is 0 Å². The molecule has 0 aromatic heterocycles. The Morgan fingerprint density at radius 2 is 1.53 bits per heavy atom. The van der Waals surface area contributed by atoms with Crippen LogP contribution in [-0.2, 0) is 12.8 Å². The Bertz CT molecular complexity index is 352. The van der Waals surface area contributed by atoms with E-state index in [1.807, 2.05) is 19.1 Å². The number of halogens is 3. The summed E-state index contributed by atoms with van der Waals surface area (Å²) in [6.45, 7) is 2.84. The Morgan fingerprint density at radius 3 is 1.94 bits per heavy atom. The molecule has 1 N–H and O–H groups in total. The molecule has 0 radical (unpaired) electrons. The fourth-order valence-electron chi connectivity index (χ4n) is 1.61. The zero-order valence-corrected chi connectivity index (χ0v) is 10.0. The van der Waals surface area contributed by atoms with Crippen LogP contribution in [0.5, 0.6) is 0 Å². The third kappa shape index (κ3) is 3.73. The molecule has 0 aliphatic carbocycles. The molecule has 1 atom stereocenters. The van der Waals surface area contributed by atoms with Crippen LogP contribution in [0.2, 0.25) is 0 Å². The molecule has 1 unspecified atom stereocenters. The van der Waals surface area contributed by atoms with Crippen LogP contribution in [-0.4, -0.2) is 16.9 Å². The van der Waals surface area contributed by atoms with E-state index in [4.69, 9.17) is 0 Å². The number of alkyl halides is 3. The van der Waals surface area contributed by atoms with Crippen LogP contribution < -0.4 is 0 Å². The van der Waals surface area contributed by atoms with Crippen molar-refractivity contribution in [3.63, 3.8) is 0 Å². The normalized spacial score (nSPS) is 15.6. The number of hydrogen-bond acceptors (Lipinski definition) is 1. The van der Waals surface area contributed by atoms with Crippen LogP contribution in [0.4, 0.5) is 13.2 Å². The maximum absolute atomic E-state index is 12.5. The van der Waals surface area contributed by atoms with Gasteiger partial charge in [-0.25, -0.2) is 0 Å². The summed E-state index contributed by atoms with van der Waals surface area (Å²) in [5, 5.41) is 9.35. The van der Waals surface area contributed by atoms with Crippen LogP contribution in [0.1, 0.15) is 31.4 Å². The molecule has 0 saturated carbocycles. The highest BCUT2D eigenvalue weighted by atomic mass is 19.4. The quantitative estimate of drug-likeness (QED) is 0.862. The van der Waals surface area contributed by atoms with Gasteiger partial charge in [0, 0.05) is 6.42 Å². The SMILES string of the molecule is CCCc1ccc(CC(C)(O)C(F)(F)F)cc1. The van der Waals surface area contributed by atoms with Crippen molar-refractivity contribution in [1.29, 1.82) is 0 Å². The maximum Gasteiger partial charge on any atom is 0.417 e. The standard InChI is InChI=1S/C13H17F3O/c1-3-4-10-5-7-11(8-6-10)9-12(2,17)13(14,15)16/h5-8,17H,3-4,9H2,1-2H3. The average Bonchev–Trinajstić information content (AvgIpc) is 2.19. The zero-order valence-electron chi connectivity index (χ0n) is 10.0. The predicted molar refractivity (Wildman–Crippen MR) is 60.8 cm³/mol. The van der Waals surface area contributed by atoms with Gasteiger partial charge < -0.3 is 5.11 Å². The largest absolute Gasteiger partial charge is 0.417 e. The second-order valence-corrected chi connectivity index (χ2v) is 4.51. The molecule has 1 aromatic carbocycles. The van der Waals surface area contributed by atoms with Crippen molar-refractivity contribution in [3.8, 4) is 0 Å². The van der Waals surface area contributed by atoms with Gasteiger partial charge in [-0.3, -0.25) is 0 Å². The third-order valence-corrected chi connectivity index (χ3v) is 2.72. The van der Waals surface area contributed by atoms with Gasteiger partial charge in [0.25, 0.3) is 0 Å². The Hall–Kier alpha value is -1.03. The van der Waals surface area contributed by atoms with Gasteiger partial charge in [-0.05, 0) is 24.5 Å². The Balaban J connectivity index is 2.76. The van der Waals surface area contributed by atoms with E-state index in [1.165, 1.54) is 0 Å². The molecule has 0 saturated heterocycles. The third-order valence-electron chi connectivity index (χ3n) is 2.72. The predicted octanol–water partition coefficient (Wildman–Crippen LogP) is 3.49. The first-order chi connectivity index (χ1) is 7.76. The molecule has 1 nitrogen and oxygen atoms in total. The van der Waals surface area contributed by atoms with Gasteiger partial charge >= 0.3 is 6.18 Å². The molecule has 96 valence electrons. The van der Waals surface area contributed by atoms with E-state index in [2.05, 4.69) is 0 Å². The summed E-state index contributed by atoms with van der Waals surface area (Å²) < 4.78 is 37.4. The zero-order chi connectivity index (χ0) is 13.1. The van der Waals surface area contributed by atoms with E-state index in [1.54, 1.807) is 12.1 Å². The Labute approximate surface area is 99.3 Å². The minimum absolute atomic E-state index is 0.414. The van der Waals surface area contributed by atoms with E-state index in [9.17, 15) is 18.3 Å². The number of hydrogen-bond donors (Lipinski definition) is 1. The summed E-state index contributed by atoms with van der Waals surface area (Å²) in [6, 6.07) is 6.91. The van der Waals surface area contributed by atoms with Crippen LogP contribution in [0.15, 0.2) is 24.3 Å². The highest BCUT2D eigenvalue weighted by Crippen LogP contribution is 2.32. The van der Waals surface area contributed by atoms with Gasteiger partial charge in [-0.2, -0.15) is 13.2 Å². The number of rotatable bonds is 4. The first kappa shape index (κ1) is 14.0. The number of benzene rings is 1. The summed E-state index contributed by atoms with van der Waals surface area (Å²) >= 11 is 0. The molecule has 17 heavy (non-hydrogen) atoms. The van der Waals surface area contributed by atoms with Crippen molar-refractivity contribution >= 4 is 0 Å². The number of aliphatic hydroxyl groups is 1. The maximum atomic E-state index is 12.5. The summed E-state index contributed by atoms with van der Waals surface area (Å²) in [6.07, 6.45) is -3.10. The van der Waals surface area contributed by atoms with E-state index < -0.39 is 18.2 Å². The molecule has 1 rings (SSSR count). The fourth-order valence-corrected chi connectivity index (χ4v) is 1.61. The van der Waals surface area contributed by atoms with Crippen molar-refractivity contribution in [2.45, 2.75) is 44.9 Å². The van der Waals surface area contributed by atoms with Gasteiger partial charge in [0.2, 0.25) is 0 Å². The van der Waals surface area contributed by atoms with Crippen molar-refractivity contribution in [3.05, 3.63) is 35.4 Å². The first-order valence-corrected chi connectivity index (χ1v) is 5.63. The van der Waals surface area contributed by atoms with E-state index in [0.29, 0.717) is 5.56 Å². The van der Waals surface area contributed by atoms with Crippen molar-refractivity contribution in [2.24, 2.45) is 0 Å². The molecule has 0 aliphatic rings. The lowest BCUT2D eigenvalue weighted by Crippen LogP contribution is -2.44. The average molecular weight is 246 g/mol. The van der Waals surface area contributed by atoms with Crippen LogP contribution in [0.3, 0.4) is 0 Å². The molecule has 0 aliphatic heterocycles. The van der Waals surface area contributed by atoms with Crippen molar-refractivity contribution < 1.29 is 18.3 Å². The molecular formula is C13H17F3O. The highest BCUT2D eigenvalue weighted by Gasteiger charge is 2.49. The van der Waals surface area contributed by atoms with Crippen molar-refractivity contribution in [1.82, 2.24) is 0 Å². The summed E-state index contributed by atoms with van der Waals surface area (Å²) in [4.78, 5) is 0. The smallest absolute Gasteiger partial charge is 0.380 e. The number of aryl methyl sites for hydroxylation is 1. The second-order valence-electron chi connectivity index (χ2n) is 4.51. The summed E-state index contributed by atoms with van der Waals surface area (Å²) in [5.41, 5.74) is -1.07. The minimum atomic E-state index is -4.60. The molecule has 4 heteroatoms. The van der Waals surface area contributed by atoms with Gasteiger partial charge in [0.05, 0.1) is 0 Å². The lowest BCUT2D eigenvalue weighted by Gasteiger charge is -2.26. The van der Waals surface area contributed by atoms with E-state index in [-0.39, 0.29) is 0 Å². The molecular weight excluding hydrogens is 229 g/mol. The molecule has 0 spiro atoms. The van der Waals surface area contributed by atoms with Gasteiger partial charge in [-0.15, -0.1) is 0 Å². The topological polar surface area (TPSA) is 20.2 Å². The summed E-state index contributed by atoms with van der Waals surface area (Å²) in [7, 11) is 0. The van der Waals surface area contributed by atoms with E-state index >= 15 is 0 Å². The molecule has 0 bridgehead atoms. The molecule has 0 heterocycles. The lowest BCUT2D eigenvalue weighted by molar-refractivity contribution is -0.252. The van der Waals surface area contributed by atoms with Crippen LogP contribution in [0, 0.1) is 0 Å².